The van der Waals surface area contributed by atoms with Crippen molar-refractivity contribution in [3.8, 4) is 0 Å². The van der Waals surface area contributed by atoms with Gasteiger partial charge >= 0.3 is 5.97 Å². The lowest BCUT2D eigenvalue weighted by molar-refractivity contribution is -0.140. The average molecular weight is 258 g/mol. The van der Waals surface area contributed by atoms with Crippen LogP contribution in [-0.2, 0) is 14.3 Å². The molecule has 0 saturated carbocycles. The standard InChI is InChI=1S/C12H22N2O4/c1-2-9-18-10-11(15)14-7-5-13(6-8-14)4-3-12(16)17/h2-10H2,1H3,(H,16,17). The van der Waals surface area contributed by atoms with Crippen LogP contribution in [-0.4, -0.2) is 72.7 Å². The van der Waals surface area contributed by atoms with Crippen LogP contribution in [0.3, 0.4) is 0 Å². The highest BCUT2D eigenvalue weighted by Gasteiger charge is 2.20. The summed E-state index contributed by atoms with van der Waals surface area (Å²) in [5.74, 6) is -0.747. The van der Waals surface area contributed by atoms with Gasteiger partial charge in [-0.05, 0) is 6.42 Å². The van der Waals surface area contributed by atoms with E-state index in [2.05, 4.69) is 4.90 Å². The van der Waals surface area contributed by atoms with E-state index in [4.69, 9.17) is 9.84 Å². The van der Waals surface area contributed by atoms with Crippen LogP contribution in [0.4, 0.5) is 0 Å². The van der Waals surface area contributed by atoms with Crippen molar-refractivity contribution in [3.63, 3.8) is 0 Å². The van der Waals surface area contributed by atoms with Gasteiger partial charge in [0, 0.05) is 39.3 Å². The minimum absolute atomic E-state index is 0.0290. The van der Waals surface area contributed by atoms with Crippen LogP contribution in [0.1, 0.15) is 19.8 Å². The molecule has 0 unspecified atom stereocenters. The van der Waals surface area contributed by atoms with E-state index in [1.54, 1.807) is 4.90 Å². The molecule has 6 nitrogen and oxygen atoms in total. The van der Waals surface area contributed by atoms with Crippen molar-refractivity contribution in [2.45, 2.75) is 19.8 Å². The van der Waals surface area contributed by atoms with Gasteiger partial charge in [0.2, 0.25) is 5.91 Å². The van der Waals surface area contributed by atoms with Crippen molar-refractivity contribution >= 4 is 11.9 Å². The summed E-state index contributed by atoms with van der Waals surface area (Å²) < 4.78 is 5.22. The van der Waals surface area contributed by atoms with Crippen LogP contribution < -0.4 is 0 Å². The number of hydrogen-bond acceptors (Lipinski definition) is 4. The van der Waals surface area contributed by atoms with Crippen LogP contribution in [0.2, 0.25) is 0 Å². The highest BCUT2D eigenvalue weighted by molar-refractivity contribution is 5.77. The first-order valence-corrected chi connectivity index (χ1v) is 6.43. The second kappa shape index (κ2) is 8.05. The number of aliphatic carboxylic acids is 1. The first-order chi connectivity index (χ1) is 8.63. The Hall–Kier alpha value is -1.14. The van der Waals surface area contributed by atoms with E-state index in [1.165, 1.54) is 0 Å². The van der Waals surface area contributed by atoms with Gasteiger partial charge < -0.3 is 14.7 Å². The Morgan fingerprint density at radius 2 is 1.89 bits per heavy atom. The fourth-order valence-corrected chi connectivity index (χ4v) is 1.87. The number of rotatable bonds is 7. The molecule has 1 saturated heterocycles. The largest absolute Gasteiger partial charge is 0.481 e. The third kappa shape index (κ3) is 5.46. The zero-order chi connectivity index (χ0) is 13.4. The van der Waals surface area contributed by atoms with Gasteiger partial charge in [0.15, 0.2) is 0 Å². The summed E-state index contributed by atoms with van der Waals surface area (Å²) in [4.78, 5) is 26.0. The van der Waals surface area contributed by atoms with Crippen molar-refractivity contribution in [1.29, 1.82) is 0 Å². The molecule has 1 aliphatic heterocycles. The second-order valence-electron chi connectivity index (χ2n) is 4.42. The van der Waals surface area contributed by atoms with E-state index in [0.29, 0.717) is 26.2 Å². The first kappa shape index (κ1) is 14.9. The molecule has 0 atom stereocenters. The highest BCUT2D eigenvalue weighted by Crippen LogP contribution is 2.03. The molecule has 1 N–H and O–H groups in total. The summed E-state index contributed by atoms with van der Waals surface area (Å²) in [7, 11) is 0. The molecule has 0 bridgehead atoms. The summed E-state index contributed by atoms with van der Waals surface area (Å²) in [6.07, 6.45) is 1.07. The fourth-order valence-electron chi connectivity index (χ4n) is 1.87. The smallest absolute Gasteiger partial charge is 0.304 e. The highest BCUT2D eigenvalue weighted by atomic mass is 16.5. The summed E-state index contributed by atoms with van der Waals surface area (Å²) in [5, 5.41) is 8.60. The molecule has 18 heavy (non-hydrogen) atoms. The van der Waals surface area contributed by atoms with Crippen LogP contribution in [0.15, 0.2) is 0 Å². The van der Waals surface area contributed by atoms with Crippen molar-refractivity contribution in [2.24, 2.45) is 0 Å². The number of ether oxygens (including phenoxy) is 1. The number of carboxylic acids is 1. The Bertz CT molecular complexity index is 275. The Morgan fingerprint density at radius 1 is 1.22 bits per heavy atom. The topological polar surface area (TPSA) is 70.1 Å². The number of carboxylic acid groups (broad SMARTS) is 1. The van der Waals surface area contributed by atoms with Gasteiger partial charge in [-0.3, -0.25) is 14.5 Å². The van der Waals surface area contributed by atoms with Gasteiger partial charge in [-0.1, -0.05) is 6.92 Å². The van der Waals surface area contributed by atoms with Gasteiger partial charge in [0.25, 0.3) is 0 Å². The maximum Gasteiger partial charge on any atom is 0.304 e. The Kier molecular flexibility index (Phi) is 6.67. The third-order valence-electron chi connectivity index (χ3n) is 2.94. The molecule has 1 rings (SSSR count). The number of carbonyl (C=O) groups excluding carboxylic acids is 1. The summed E-state index contributed by atoms with van der Waals surface area (Å²) in [5.41, 5.74) is 0. The van der Waals surface area contributed by atoms with E-state index in [1.807, 2.05) is 6.92 Å². The molecule has 0 spiro atoms. The van der Waals surface area contributed by atoms with Gasteiger partial charge in [0.1, 0.15) is 6.61 Å². The van der Waals surface area contributed by atoms with E-state index in [-0.39, 0.29) is 18.9 Å². The number of piperazine rings is 1. The third-order valence-corrected chi connectivity index (χ3v) is 2.94. The summed E-state index contributed by atoms with van der Waals surface area (Å²) in [6.45, 7) is 6.14. The number of amides is 1. The molecule has 6 heteroatoms. The van der Waals surface area contributed by atoms with E-state index < -0.39 is 5.97 Å². The molecular formula is C12H22N2O4. The van der Waals surface area contributed by atoms with E-state index in [9.17, 15) is 9.59 Å². The molecule has 0 aromatic rings. The molecule has 1 amide bonds. The number of hydrogen-bond donors (Lipinski definition) is 1. The number of nitrogens with zero attached hydrogens (tertiary/aromatic N) is 2. The predicted octanol–water partition coefficient (Wildman–Crippen LogP) is 0.0319. The molecule has 1 fully saturated rings. The van der Waals surface area contributed by atoms with Crippen LogP contribution in [0, 0.1) is 0 Å². The average Bonchev–Trinajstić information content (AvgIpc) is 2.37. The molecule has 0 radical (unpaired) electrons. The summed E-state index contributed by atoms with van der Waals surface area (Å²) in [6, 6.07) is 0. The van der Waals surface area contributed by atoms with Crippen molar-refractivity contribution in [3.05, 3.63) is 0 Å². The first-order valence-electron chi connectivity index (χ1n) is 6.43. The molecule has 104 valence electrons. The van der Waals surface area contributed by atoms with Gasteiger partial charge in [0.05, 0.1) is 6.42 Å². The Morgan fingerprint density at radius 3 is 2.44 bits per heavy atom. The maximum absolute atomic E-state index is 11.7. The lowest BCUT2D eigenvalue weighted by atomic mass is 10.3. The van der Waals surface area contributed by atoms with E-state index >= 15 is 0 Å². The molecule has 0 aromatic carbocycles. The Balaban J connectivity index is 2.17. The van der Waals surface area contributed by atoms with Gasteiger partial charge in [-0.15, -0.1) is 0 Å². The van der Waals surface area contributed by atoms with Crippen LogP contribution in [0.5, 0.6) is 0 Å². The van der Waals surface area contributed by atoms with Gasteiger partial charge in [-0.2, -0.15) is 0 Å². The van der Waals surface area contributed by atoms with E-state index in [0.717, 1.165) is 19.5 Å². The lowest BCUT2D eigenvalue weighted by Gasteiger charge is -2.34. The van der Waals surface area contributed by atoms with Crippen molar-refractivity contribution < 1.29 is 19.4 Å². The monoisotopic (exact) mass is 258 g/mol. The zero-order valence-electron chi connectivity index (χ0n) is 10.9. The zero-order valence-corrected chi connectivity index (χ0v) is 10.9. The van der Waals surface area contributed by atoms with Crippen LogP contribution in [0.25, 0.3) is 0 Å². The Labute approximate surface area is 107 Å². The number of carbonyl (C=O) groups is 2. The molecular weight excluding hydrogens is 236 g/mol. The molecule has 1 aliphatic rings. The summed E-state index contributed by atoms with van der Waals surface area (Å²) >= 11 is 0. The minimum atomic E-state index is -0.776. The van der Waals surface area contributed by atoms with Gasteiger partial charge in [-0.25, -0.2) is 0 Å². The fraction of sp³-hybridized carbons (Fsp3) is 0.833. The molecule has 0 aromatic heterocycles. The predicted molar refractivity (Wildman–Crippen MR) is 66.4 cm³/mol. The maximum atomic E-state index is 11.7. The minimum Gasteiger partial charge on any atom is -0.481 e. The molecule has 1 heterocycles. The van der Waals surface area contributed by atoms with Crippen LogP contribution >= 0.6 is 0 Å². The SMILES string of the molecule is CCCOCC(=O)N1CCN(CCC(=O)O)CC1. The molecule has 0 aliphatic carbocycles. The van der Waals surface area contributed by atoms with Crippen molar-refractivity contribution in [1.82, 2.24) is 9.80 Å². The normalized spacial score (nSPS) is 16.8. The quantitative estimate of drug-likeness (QED) is 0.653. The lowest BCUT2D eigenvalue weighted by Crippen LogP contribution is -2.50. The second-order valence-corrected chi connectivity index (χ2v) is 4.42. The van der Waals surface area contributed by atoms with Crippen molar-refractivity contribution in [2.75, 3.05) is 45.9 Å².